The molecule has 2 aliphatic heterocycles. The van der Waals surface area contributed by atoms with Crippen molar-refractivity contribution in [2.45, 2.75) is 52.4 Å². The first-order chi connectivity index (χ1) is 8.70. The van der Waals surface area contributed by atoms with E-state index in [1.165, 1.54) is 38.5 Å². The third-order valence-corrected chi connectivity index (χ3v) is 4.62. The van der Waals surface area contributed by atoms with Gasteiger partial charge in [0.25, 0.3) is 0 Å². The number of urea groups is 1. The van der Waals surface area contributed by atoms with Crippen molar-refractivity contribution in [2.75, 3.05) is 26.2 Å². The van der Waals surface area contributed by atoms with Gasteiger partial charge in [0.2, 0.25) is 0 Å². The monoisotopic (exact) mass is 252 g/mol. The van der Waals surface area contributed by atoms with Crippen LogP contribution >= 0.6 is 0 Å². The Morgan fingerprint density at radius 2 is 1.78 bits per heavy atom. The Hall–Kier alpha value is -0.730. The minimum absolute atomic E-state index is 0.304. The van der Waals surface area contributed by atoms with Crippen molar-refractivity contribution in [1.29, 1.82) is 0 Å². The summed E-state index contributed by atoms with van der Waals surface area (Å²) < 4.78 is 0. The van der Waals surface area contributed by atoms with Crippen molar-refractivity contribution in [3.63, 3.8) is 0 Å². The standard InChI is InChI=1S/C15H28N2O/c1-3-14-7-5-9-16(11-8-14)15(18)17-10-4-6-13(2)12-17/h13-14H,3-12H2,1-2H3. The molecule has 0 bridgehead atoms. The van der Waals surface area contributed by atoms with Gasteiger partial charge in [-0.1, -0.05) is 20.3 Å². The van der Waals surface area contributed by atoms with Crippen molar-refractivity contribution in [2.24, 2.45) is 11.8 Å². The molecule has 104 valence electrons. The van der Waals surface area contributed by atoms with Gasteiger partial charge >= 0.3 is 6.03 Å². The predicted octanol–water partition coefficient (Wildman–Crippen LogP) is 3.35. The van der Waals surface area contributed by atoms with Crippen LogP contribution in [0.4, 0.5) is 4.79 Å². The van der Waals surface area contributed by atoms with Crippen LogP contribution in [0, 0.1) is 11.8 Å². The first-order valence-corrected chi connectivity index (χ1v) is 7.74. The second-order valence-corrected chi connectivity index (χ2v) is 6.17. The first kappa shape index (κ1) is 13.7. The van der Waals surface area contributed by atoms with E-state index in [0.717, 1.165) is 32.1 Å². The highest BCUT2D eigenvalue weighted by molar-refractivity contribution is 5.74. The third kappa shape index (κ3) is 3.39. The number of hydrogen-bond acceptors (Lipinski definition) is 1. The molecular weight excluding hydrogens is 224 g/mol. The lowest BCUT2D eigenvalue weighted by atomic mass is 9.98. The first-order valence-electron chi connectivity index (χ1n) is 7.74. The van der Waals surface area contributed by atoms with E-state index in [1.807, 2.05) is 0 Å². The van der Waals surface area contributed by atoms with Crippen LogP contribution in [0.3, 0.4) is 0 Å². The third-order valence-electron chi connectivity index (χ3n) is 4.62. The fourth-order valence-electron chi connectivity index (χ4n) is 3.33. The van der Waals surface area contributed by atoms with Crippen LogP contribution in [0.25, 0.3) is 0 Å². The van der Waals surface area contributed by atoms with Gasteiger partial charge in [-0.05, 0) is 43.9 Å². The summed E-state index contributed by atoms with van der Waals surface area (Å²) >= 11 is 0. The molecule has 0 aromatic rings. The highest BCUT2D eigenvalue weighted by Gasteiger charge is 2.26. The van der Waals surface area contributed by atoms with Gasteiger partial charge in [-0.25, -0.2) is 4.79 Å². The molecule has 0 spiro atoms. The molecule has 2 amide bonds. The quantitative estimate of drug-likeness (QED) is 0.702. The van der Waals surface area contributed by atoms with Crippen LogP contribution in [0.15, 0.2) is 0 Å². The van der Waals surface area contributed by atoms with Gasteiger partial charge in [0, 0.05) is 26.2 Å². The van der Waals surface area contributed by atoms with Gasteiger partial charge in [-0.2, -0.15) is 0 Å². The zero-order valence-corrected chi connectivity index (χ0v) is 12.0. The van der Waals surface area contributed by atoms with Crippen LogP contribution in [-0.2, 0) is 0 Å². The fourth-order valence-corrected chi connectivity index (χ4v) is 3.33. The van der Waals surface area contributed by atoms with E-state index >= 15 is 0 Å². The number of likely N-dealkylation sites (tertiary alicyclic amines) is 2. The molecule has 2 unspecified atom stereocenters. The molecule has 2 rings (SSSR count). The minimum Gasteiger partial charge on any atom is -0.325 e. The molecule has 2 aliphatic rings. The van der Waals surface area contributed by atoms with E-state index in [-0.39, 0.29) is 0 Å². The van der Waals surface area contributed by atoms with E-state index in [4.69, 9.17) is 0 Å². The van der Waals surface area contributed by atoms with Crippen molar-refractivity contribution in [1.82, 2.24) is 9.80 Å². The molecule has 2 heterocycles. The van der Waals surface area contributed by atoms with E-state index in [9.17, 15) is 4.79 Å². The van der Waals surface area contributed by atoms with Gasteiger partial charge in [0.1, 0.15) is 0 Å². The summed E-state index contributed by atoms with van der Waals surface area (Å²) in [4.78, 5) is 16.7. The summed E-state index contributed by atoms with van der Waals surface area (Å²) in [6.45, 7) is 8.41. The fraction of sp³-hybridized carbons (Fsp3) is 0.933. The SMILES string of the molecule is CCC1CCCN(C(=O)N2CCCC(C)C2)CC1. The van der Waals surface area contributed by atoms with Crippen molar-refractivity contribution in [3.05, 3.63) is 0 Å². The van der Waals surface area contributed by atoms with Crippen molar-refractivity contribution in [3.8, 4) is 0 Å². The Kier molecular flexibility index (Phi) is 4.90. The maximum absolute atomic E-state index is 12.5. The Labute approximate surface area is 112 Å². The zero-order valence-electron chi connectivity index (χ0n) is 12.0. The Balaban J connectivity index is 1.88. The Morgan fingerprint density at radius 3 is 2.50 bits per heavy atom. The highest BCUT2D eigenvalue weighted by atomic mass is 16.2. The minimum atomic E-state index is 0.304. The molecule has 3 heteroatoms. The Bertz CT molecular complexity index is 280. The topological polar surface area (TPSA) is 23.6 Å². The van der Waals surface area contributed by atoms with Gasteiger partial charge in [-0.3, -0.25) is 0 Å². The average molecular weight is 252 g/mol. The van der Waals surface area contributed by atoms with E-state index < -0.39 is 0 Å². The van der Waals surface area contributed by atoms with Crippen LogP contribution in [0.5, 0.6) is 0 Å². The number of carbonyl (C=O) groups is 1. The molecule has 18 heavy (non-hydrogen) atoms. The van der Waals surface area contributed by atoms with Crippen molar-refractivity contribution < 1.29 is 4.79 Å². The summed E-state index contributed by atoms with van der Waals surface area (Å²) in [7, 11) is 0. The van der Waals surface area contributed by atoms with Gasteiger partial charge < -0.3 is 9.80 Å². The van der Waals surface area contributed by atoms with Crippen LogP contribution < -0.4 is 0 Å². The highest BCUT2D eigenvalue weighted by Crippen LogP contribution is 2.22. The lowest BCUT2D eigenvalue weighted by Crippen LogP contribution is -2.47. The molecule has 0 aliphatic carbocycles. The molecule has 3 nitrogen and oxygen atoms in total. The molecule has 2 atom stereocenters. The average Bonchev–Trinajstić information content (AvgIpc) is 2.63. The molecule has 0 radical (unpaired) electrons. The zero-order chi connectivity index (χ0) is 13.0. The maximum Gasteiger partial charge on any atom is 0.320 e. The summed E-state index contributed by atoms with van der Waals surface area (Å²) in [5.74, 6) is 1.51. The van der Waals surface area contributed by atoms with E-state index in [2.05, 4.69) is 23.6 Å². The van der Waals surface area contributed by atoms with E-state index in [1.54, 1.807) is 0 Å². The lowest BCUT2D eigenvalue weighted by Gasteiger charge is -2.35. The number of nitrogens with zero attached hydrogens (tertiary/aromatic N) is 2. The van der Waals surface area contributed by atoms with Crippen LogP contribution in [0.1, 0.15) is 52.4 Å². The maximum atomic E-state index is 12.5. The van der Waals surface area contributed by atoms with Gasteiger partial charge in [0.15, 0.2) is 0 Å². The number of rotatable bonds is 1. The number of amides is 2. The molecule has 2 fully saturated rings. The predicted molar refractivity (Wildman–Crippen MR) is 74.6 cm³/mol. The second kappa shape index (κ2) is 6.44. The normalized spacial score (nSPS) is 30.1. The Morgan fingerprint density at radius 1 is 1.06 bits per heavy atom. The second-order valence-electron chi connectivity index (χ2n) is 6.17. The van der Waals surface area contributed by atoms with E-state index in [0.29, 0.717) is 11.9 Å². The van der Waals surface area contributed by atoms with Crippen LogP contribution in [-0.4, -0.2) is 42.0 Å². The lowest BCUT2D eigenvalue weighted by molar-refractivity contribution is 0.132. The number of carbonyl (C=O) groups excluding carboxylic acids is 1. The number of hydrogen-bond donors (Lipinski definition) is 0. The largest absolute Gasteiger partial charge is 0.325 e. The molecule has 0 aromatic carbocycles. The molecule has 0 N–H and O–H groups in total. The summed E-state index contributed by atoms with van der Waals surface area (Å²) in [5, 5.41) is 0. The molecular formula is C15H28N2O. The molecule has 0 aromatic heterocycles. The summed E-state index contributed by atoms with van der Waals surface area (Å²) in [6.07, 6.45) is 7.42. The van der Waals surface area contributed by atoms with Crippen molar-refractivity contribution >= 4 is 6.03 Å². The molecule has 2 saturated heterocycles. The smallest absolute Gasteiger partial charge is 0.320 e. The molecule has 0 saturated carbocycles. The summed E-state index contributed by atoms with van der Waals surface area (Å²) in [5.41, 5.74) is 0. The summed E-state index contributed by atoms with van der Waals surface area (Å²) in [6, 6.07) is 0.304. The number of piperidine rings is 1. The van der Waals surface area contributed by atoms with Crippen LogP contribution in [0.2, 0.25) is 0 Å². The van der Waals surface area contributed by atoms with Gasteiger partial charge in [-0.15, -0.1) is 0 Å². The van der Waals surface area contributed by atoms with Gasteiger partial charge in [0.05, 0.1) is 0 Å².